The van der Waals surface area contributed by atoms with E-state index in [9.17, 15) is 9.18 Å². The number of halogens is 1. The van der Waals surface area contributed by atoms with Gasteiger partial charge >= 0.3 is 0 Å². The van der Waals surface area contributed by atoms with Crippen molar-refractivity contribution in [2.45, 2.75) is 20.8 Å². The van der Waals surface area contributed by atoms with Gasteiger partial charge in [-0.3, -0.25) is 4.79 Å². The summed E-state index contributed by atoms with van der Waals surface area (Å²) in [7, 11) is 0. The molecular formula is C14H13FO2. The van der Waals surface area contributed by atoms with Crippen LogP contribution in [-0.4, -0.2) is 5.78 Å². The van der Waals surface area contributed by atoms with Crippen molar-refractivity contribution >= 4 is 5.78 Å². The Morgan fingerprint density at radius 3 is 2.12 bits per heavy atom. The van der Waals surface area contributed by atoms with Gasteiger partial charge in [-0.15, -0.1) is 0 Å². The number of rotatable bonds is 2. The van der Waals surface area contributed by atoms with Crippen LogP contribution >= 0.6 is 0 Å². The predicted octanol–water partition coefficient (Wildman–Crippen LogP) is 3.57. The fourth-order valence-electron chi connectivity index (χ4n) is 1.81. The fraction of sp³-hybridized carbons (Fsp3) is 0.214. The van der Waals surface area contributed by atoms with E-state index in [0.29, 0.717) is 28.0 Å². The highest BCUT2D eigenvalue weighted by Gasteiger charge is 2.14. The zero-order valence-corrected chi connectivity index (χ0v) is 10.0. The smallest absolute Gasteiger partial charge is 0.196 e. The molecule has 1 aromatic heterocycles. The van der Waals surface area contributed by atoms with Crippen molar-refractivity contribution in [1.29, 1.82) is 0 Å². The Balaban J connectivity index is 2.44. The maximum absolute atomic E-state index is 13.5. The average molecular weight is 232 g/mol. The number of carbonyl (C=O) groups is 1. The van der Waals surface area contributed by atoms with Crippen LogP contribution in [0.1, 0.15) is 32.8 Å². The molecule has 0 aliphatic rings. The minimum atomic E-state index is -0.259. The van der Waals surface area contributed by atoms with Crippen LogP contribution < -0.4 is 0 Å². The Kier molecular flexibility index (Phi) is 2.84. The van der Waals surface area contributed by atoms with Crippen molar-refractivity contribution in [3.63, 3.8) is 0 Å². The van der Waals surface area contributed by atoms with Gasteiger partial charge < -0.3 is 4.42 Å². The summed E-state index contributed by atoms with van der Waals surface area (Å²) in [4.78, 5) is 12.1. The molecule has 0 unspecified atom stereocenters. The van der Waals surface area contributed by atoms with E-state index in [1.807, 2.05) is 0 Å². The summed E-state index contributed by atoms with van der Waals surface area (Å²) >= 11 is 0. The summed E-state index contributed by atoms with van der Waals surface area (Å²) in [5.41, 5.74) is 1.94. The summed E-state index contributed by atoms with van der Waals surface area (Å²) in [6.45, 7) is 5.08. The zero-order valence-electron chi connectivity index (χ0n) is 10.0. The third kappa shape index (κ3) is 2.13. The van der Waals surface area contributed by atoms with E-state index >= 15 is 0 Å². The molecule has 0 amide bonds. The lowest BCUT2D eigenvalue weighted by Gasteiger charge is -2.04. The topological polar surface area (TPSA) is 30.2 Å². The van der Waals surface area contributed by atoms with E-state index in [1.165, 1.54) is 6.26 Å². The maximum atomic E-state index is 13.5. The van der Waals surface area contributed by atoms with Gasteiger partial charge in [0.25, 0.3) is 0 Å². The molecule has 2 nitrogen and oxygen atoms in total. The molecule has 1 aromatic carbocycles. The van der Waals surface area contributed by atoms with E-state index in [0.717, 1.165) is 0 Å². The van der Waals surface area contributed by atoms with Crippen molar-refractivity contribution in [1.82, 2.24) is 0 Å². The molecule has 0 spiro atoms. The highest BCUT2D eigenvalue weighted by Crippen LogP contribution is 2.18. The van der Waals surface area contributed by atoms with Crippen LogP contribution in [0.15, 0.2) is 28.9 Å². The first-order chi connectivity index (χ1) is 7.99. The van der Waals surface area contributed by atoms with E-state index in [-0.39, 0.29) is 11.6 Å². The van der Waals surface area contributed by atoms with E-state index in [1.54, 1.807) is 39.0 Å². The highest BCUT2D eigenvalue weighted by molar-refractivity contribution is 6.09. The summed E-state index contributed by atoms with van der Waals surface area (Å²) in [6, 6.07) is 4.80. The Morgan fingerprint density at radius 2 is 1.65 bits per heavy atom. The van der Waals surface area contributed by atoms with Gasteiger partial charge in [-0.05, 0) is 50.1 Å². The highest BCUT2D eigenvalue weighted by atomic mass is 19.1. The van der Waals surface area contributed by atoms with Crippen LogP contribution in [-0.2, 0) is 0 Å². The minimum absolute atomic E-state index is 0.145. The molecule has 0 saturated carbocycles. The number of furan rings is 1. The molecule has 0 aliphatic heterocycles. The predicted molar refractivity (Wildman–Crippen MR) is 62.8 cm³/mol. The van der Waals surface area contributed by atoms with Gasteiger partial charge in [0.1, 0.15) is 17.8 Å². The maximum Gasteiger partial charge on any atom is 0.196 e. The van der Waals surface area contributed by atoms with Crippen LogP contribution in [0.5, 0.6) is 0 Å². The van der Waals surface area contributed by atoms with E-state index in [2.05, 4.69) is 0 Å². The van der Waals surface area contributed by atoms with Crippen molar-refractivity contribution in [2.24, 2.45) is 0 Å². The molecule has 3 heteroatoms. The Bertz CT molecular complexity index is 559. The quantitative estimate of drug-likeness (QED) is 0.741. The molecule has 0 bridgehead atoms. The Labute approximate surface area is 99.1 Å². The van der Waals surface area contributed by atoms with Crippen LogP contribution in [0.4, 0.5) is 4.39 Å². The summed E-state index contributed by atoms with van der Waals surface area (Å²) in [5.74, 6) is 0.280. The first-order valence-electron chi connectivity index (χ1n) is 5.35. The Morgan fingerprint density at radius 1 is 1.06 bits per heavy atom. The molecule has 0 aliphatic carbocycles. The third-order valence-corrected chi connectivity index (χ3v) is 2.69. The number of benzene rings is 1. The monoisotopic (exact) mass is 232 g/mol. The average Bonchev–Trinajstić information content (AvgIpc) is 2.71. The molecule has 17 heavy (non-hydrogen) atoms. The van der Waals surface area contributed by atoms with Crippen LogP contribution in [0.3, 0.4) is 0 Å². The minimum Gasteiger partial charge on any atom is -0.469 e. The molecule has 88 valence electrons. The summed E-state index contributed by atoms with van der Waals surface area (Å²) in [6.07, 6.45) is 1.42. The van der Waals surface area contributed by atoms with Crippen LogP contribution in [0.25, 0.3) is 0 Å². The largest absolute Gasteiger partial charge is 0.469 e. The molecule has 0 N–H and O–H groups in total. The SMILES string of the molecule is Cc1cc(C(=O)c2cc(C)c(F)c(C)c2)co1. The third-order valence-electron chi connectivity index (χ3n) is 2.69. The second-order valence-electron chi connectivity index (χ2n) is 4.20. The van der Waals surface area contributed by atoms with E-state index < -0.39 is 0 Å². The van der Waals surface area contributed by atoms with E-state index in [4.69, 9.17) is 4.42 Å². The molecule has 2 rings (SSSR count). The molecule has 0 saturated heterocycles. The molecule has 1 heterocycles. The molecule has 0 atom stereocenters. The van der Waals surface area contributed by atoms with Gasteiger partial charge in [0.05, 0.1) is 5.56 Å². The van der Waals surface area contributed by atoms with Crippen molar-refractivity contribution in [3.05, 3.63) is 58.3 Å². The fourth-order valence-corrected chi connectivity index (χ4v) is 1.81. The first-order valence-corrected chi connectivity index (χ1v) is 5.35. The van der Waals surface area contributed by atoms with Crippen molar-refractivity contribution in [2.75, 3.05) is 0 Å². The standard InChI is InChI=1S/C14H13FO2/c1-8-4-11(5-9(2)13(8)15)14(16)12-6-10(3)17-7-12/h4-7H,1-3H3. The van der Waals surface area contributed by atoms with Gasteiger partial charge in [-0.2, -0.15) is 0 Å². The first kappa shape index (κ1) is 11.6. The van der Waals surface area contributed by atoms with Crippen molar-refractivity contribution in [3.8, 4) is 0 Å². The van der Waals surface area contributed by atoms with Gasteiger partial charge in [0.2, 0.25) is 0 Å². The lowest BCUT2D eigenvalue weighted by atomic mass is 10.0. The van der Waals surface area contributed by atoms with Gasteiger partial charge in [-0.25, -0.2) is 4.39 Å². The normalized spacial score (nSPS) is 10.6. The Hall–Kier alpha value is -1.90. The number of hydrogen-bond donors (Lipinski definition) is 0. The molecule has 2 aromatic rings. The van der Waals surface area contributed by atoms with Crippen LogP contribution in [0, 0.1) is 26.6 Å². The van der Waals surface area contributed by atoms with Gasteiger partial charge in [-0.1, -0.05) is 0 Å². The lowest BCUT2D eigenvalue weighted by Crippen LogP contribution is -2.02. The second-order valence-corrected chi connectivity index (χ2v) is 4.20. The van der Waals surface area contributed by atoms with Crippen LogP contribution in [0.2, 0.25) is 0 Å². The lowest BCUT2D eigenvalue weighted by molar-refractivity contribution is 0.103. The number of ketones is 1. The van der Waals surface area contributed by atoms with Gasteiger partial charge in [0.15, 0.2) is 5.78 Å². The van der Waals surface area contributed by atoms with Crippen molar-refractivity contribution < 1.29 is 13.6 Å². The summed E-state index contributed by atoms with van der Waals surface area (Å²) < 4.78 is 18.5. The molecular weight excluding hydrogens is 219 g/mol. The second kappa shape index (κ2) is 4.17. The summed E-state index contributed by atoms with van der Waals surface area (Å²) in [5, 5.41) is 0. The number of aryl methyl sites for hydroxylation is 3. The molecule has 0 fully saturated rings. The number of hydrogen-bond acceptors (Lipinski definition) is 2. The van der Waals surface area contributed by atoms with Gasteiger partial charge in [0, 0.05) is 5.56 Å². The molecule has 0 radical (unpaired) electrons. The number of carbonyl (C=O) groups excluding carboxylic acids is 1. The zero-order chi connectivity index (χ0) is 12.6.